The number of rotatable bonds is 4. The molecule has 1 aromatic rings. The van der Waals surface area contributed by atoms with Gasteiger partial charge in [-0.3, -0.25) is 0 Å². The van der Waals surface area contributed by atoms with Gasteiger partial charge in [0.1, 0.15) is 5.82 Å². The molecule has 116 valence electrons. The number of pyridine rings is 1. The van der Waals surface area contributed by atoms with E-state index in [2.05, 4.69) is 37.1 Å². The van der Waals surface area contributed by atoms with Crippen LogP contribution in [0.5, 0.6) is 0 Å². The second kappa shape index (κ2) is 6.35. The van der Waals surface area contributed by atoms with Crippen molar-refractivity contribution >= 4 is 5.82 Å². The van der Waals surface area contributed by atoms with Crippen LogP contribution in [0.1, 0.15) is 55.8 Å². The lowest BCUT2D eigenvalue weighted by Gasteiger charge is -2.26. The minimum atomic E-state index is 0.753. The first kappa shape index (κ1) is 14.8. The highest BCUT2D eigenvalue weighted by Gasteiger charge is 2.23. The molecule has 0 spiro atoms. The van der Waals surface area contributed by atoms with Crippen LogP contribution >= 0.6 is 0 Å². The van der Waals surface area contributed by atoms with Gasteiger partial charge in [0.25, 0.3) is 0 Å². The Hall–Kier alpha value is -1.09. The molecule has 3 rings (SSSR count). The van der Waals surface area contributed by atoms with Crippen LogP contribution in [0.4, 0.5) is 5.82 Å². The summed E-state index contributed by atoms with van der Waals surface area (Å²) in [7, 11) is 0. The van der Waals surface area contributed by atoms with E-state index in [0.717, 1.165) is 37.3 Å². The number of nitrogens with one attached hydrogen (secondary N) is 1. The predicted octanol–water partition coefficient (Wildman–Crippen LogP) is 3.58. The molecule has 21 heavy (non-hydrogen) atoms. The summed E-state index contributed by atoms with van der Waals surface area (Å²) in [6.07, 6.45) is 6.64. The molecule has 1 aromatic heterocycles. The van der Waals surface area contributed by atoms with Crippen molar-refractivity contribution in [1.29, 1.82) is 0 Å². The van der Waals surface area contributed by atoms with E-state index in [1.165, 1.54) is 49.0 Å². The molecule has 1 N–H and O–H groups in total. The van der Waals surface area contributed by atoms with E-state index in [9.17, 15) is 0 Å². The third-order valence-corrected chi connectivity index (χ3v) is 4.91. The third-order valence-electron chi connectivity index (χ3n) is 4.91. The first-order chi connectivity index (χ1) is 10.1. The summed E-state index contributed by atoms with van der Waals surface area (Å²) in [5.74, 6) is 2.10. The van der Waals surface area contributed by atoms with Gasteiger partial charge in [-0.05, 0) is 63.5 Å². The van der Waals surface area contributed by atoms with Crippen molar-refractivity contribution in [3.05, 3.63) is 22.9 Å². The standard InChI is InChI=1S/C18H29N3/c1-13-5-4-9-21(10-8-13)18-17(12-19-16-6-7-16)14(2)11-15(3)20-18/h11,13,16,19H,4-10,12H2,1-3H3. The molecule has 2 fully saturated rings. The van der Waals surface area contributed by atoms with Crippen LogP contribution in [0.3, 0.4) is 0 Å². The molecule has 3 heteroatoms. The van der Waals surface area contributed by atoms with E-state index in [0.29, 0.717) is 0 Å². The minimum absolute atomic E-state index is 0.753. The van der Waals surface area contributed by atoms with Gasteiger partial charge < -0.3 is 10.2 Å². The Morgan fingerprint density at radius 2 is 2.00 bits per heavy atom. The molecule has 0 bridgehead atoms. The van der Waals surface area contributed by atoms with Gasteiger partial charge in [-0.25, -0.2) is 4.98 Å². The van der Waals surface area contributed by atoms with Crippen LogP contribution in [0.15, 0.2) is 6.07 Å². The fourth-order valence-corrected chi connectivity index (χ4v) is 3.33. The molecular weight excluding hydrogens is 258 g/mol. The van der Waals surface area contributed by atoms with Crippen LogP contribution in [-0.4, -0.2) is 24.1 Å². The second-order valence-electron chi connectivity index (χ2n) is 7.06. The normalized spacial score (nSPS) is 23.2. The Labute approximate surface area is 129 Å². The second-order valence-corrected chi connectivity index (χ2v) is 7.06. The van der Waals surface area contributed by atoms with E-state index < -0.39 is 0 Å². The largest absolute Gasteiger partial charge is 0.356 e. The highest BCUT2D eigenvalue weighted by molar-refractivity contribution is 5.51. The van der Waals surface area contributed by atoms with Crippen molar-refractivity contribution in [2.45, 2.75) is 65.5 Å². The molecule has 2 aliphatic rings. The van der Waals surface area contributed by atoms with Crippen LogP contribution in [0.25, 0.3) is 0 Å². The van der Waals surface area contributed by atoms with Gasteiger partial charge in [0.2, 0.25) is 0 Å². The fourth-order valence-electron chi connectivity index (χ4n) is 3.33. The molecule has 0 amide bonds. The molecule has 3 nitrogen and oxygen atoms in total. The summed E-state index contributed by atoms with van der Waals surface area (Å²) in [5.41, 5.74) is 3.96. The molecule has 1 saturated carbocycles. The third kappa shape index (κ3) is 3.76. The van der Waals surface area contributed by atoms with Crippen molar-refractivity contribution in [3.63, 3.8) is 0 Å². The van der Waals surface area contributed by atoms with Crippen LogP contribution in [0.2, 0.25) is 0 Å². The van der Waals surface area contributed by atoms with Gasteiger partial charge in [-0.15, -0.1) is 0 Å². The Morgan fingerprint density at radius 1 is 1.19 bits per heavy atom. The maximum atomic E-state index is 4.91. The molecule has 1 aliphatic heterocycles. The number of hydrogen-bond donors (Lipinski definition) is 1. The average Bonchev–Trinajstić information content (AvgIpc) is 3.25. The Balaban J connectivity index is 1.83. The highest BCUT2D eigenvalue weighted by Crippen LogP contribution is 2.28. The van der Waals surface area contributed by atoms with Gasteiger partial charge in [0.05, 0.1) is 0 Å². The lowest BCUT2D eigenvalue weighted by atomic mass is 10.0. The summed E-state index contributed by atoms with van der Waals surface area (Å²) < 4.78 is 0. The maximum absolute atomic E-state index is 4.91. The fraction of sp³-hybridized carbons (Fsp3) is 0.722. The van der Waals surface area contributed by atoms with E-state index >= 15 is 0 Å². The van der Waals surface area contributed by atoms with Gasteiger partial charge in [0.15, 0.2) is 0 Å². The number of anilines is 1. The van der Waals surface area contributed by atoms with E-state index in [-0.39, 0.29) is 0 Å². The molecule has 0 aromatic carbocycles. The molecular formula is C18H29N3. The SMILES string of the molecule is Cc1cc(C)c(CNC2CC2)c(N2CCCC(C)CC2)n1. The highest BCUT2D eigenvalue weighted by atomic mass is 15.2. The quantitative estimate of drug-likeness (QED) is 0.917. The lowest BCUT2D eigenvalue weighted by Crippen LogP contribution is -2.28. The van der Waals surface area contributed by atoms with Gasteiger partial charge >= 0.3 is 0 Å². The Kier molecular flexibility index (Phi) is 4.48. The number of aryl methyl sites for hydroxylation is 2. The minimum Gasteiger partial charge on any atom is -0.356 e. The summed E-state index contributed by atoms with van der Waals surface area (Å²) in [6, 6.07) is 2.98. The lowest BCUT2D eigenvalue weighted by molar-refractivity contribution is 0.521. The van der Waals surface area contributed by atoms with Crippen molar-refractivity contribution < 1.29 is 0 Å². The molecule has 0 radical (unpaired) electrons. The molecule has 1 aliphatic carbocycles. The zero-order valence-corrected chi connectivity index (χ0v) is 13.8. The van der Waals surface area contributed by atoms with E-state index in [1.54, 1.807) is 0 Å². The predicted molar refractivity (Wildman–Crippen MR) is 88.8 cm³/mol. The van der Waals surface area contributed by atoms with Crippen molar-refractivity contribution in [2.75, 3.05) is 18.0 Å². The molecule has 1 saturated heterocycles. The Morgan fingerprint density at radius 3 is 2.76 bits per heavy atom. The molecule has 1 atom stereocenters. The molecule has 1 unspecified atom stereocenters. The zero-order chi connectivity index (χ0) is 14.8. The van der Waals surface area contributed by atoms with Crippen LogP contribution in [-0.2, 0) is 6.54 Å². The average molecular weight is 287 g/mol. The molecule has 2 heterocycles. The first-order valence-electron chi connectivity index (χ1n) is 8.59. The summed E-state index contributed by atoms with van der Waals surface area (Å²) in [5, 5.41) is 3.67. The summed E-state index contributed by atoms with van der Waals surface area (Å²) >= 11 is 0. The smallest absolute Gasteiger partial charge is 0.133 e. The van der Waals surface area contributed by atoms with Crippen molar-refractivity contribution in [3.8, 4) is 0 Å². The topological polar surface area (TPSA) is 28.2 Å². The number of hydrogen-bond acceptors (Lipinski definition) is 3. The van der Waals surface area contributed by atoms with Crippen LogP contribution < -0.4 is 10.2 Å². The Bertz CT molecular complexity index is 493. The number of aromatic nitrogens is 1. The summed E-state index contributed by atoms with van der Waals surface area (Å²) in [6.45, 7) is 10.0. The van der Waals surface area contributed by atoms with Crippen LogP contribution in [0, 0.1) is 19.8 Å². The summed E-state index contributed by atoms with van der Waals surface area (Å²) in [4.78, 5) is 7.44. The van der Waals surface area contributed by atoms with Crippen molar-refractivity contribution in [1.82, 2.24) is 10.3 Å². The van der Waals surface area contributed by atoms with E-state index in [4.69, 9.17) is 4.98 Å². The monoisotopic (exact) mass is 287 g/mol. The first-order valence-corrected chi connectivity index (χ1v) is 8.59. The number of nitrogens with zero attached hydrogens (tertiary/aromatic N) is 2. The van der Waals surface area contributed by atoms with Gasteiger partial charge in [0, 0.05) is 36.9 Å². The van der Waals surface area contributed by atoms with E-state index in [1.807, 2.05) is 0 Å². The maximum Gasteiger partial charge on any atom is 0.133 e. The van der Waals surface area contributed by atoms with Crippen molar-refractivity contribution in [2.24, 2.45) is 5.92 Å². The zero-order valence-electron chi connectivity index (χ0n) is 13.8. The van der Waals surface area contributed by atoms with Gasteiger partial charge in [-0.1, -0.05) is 6.92 Å². The van der Waals surface area contributed by atoms with Gasteiger partial charge in [-0.2, -0.15) is 0 Å².